The van der Waals surface area contributed by atoms with Crippen LogP contribution < -0.4 is 4.90 Å². The van der Waals surface area contributed by atoms with E-state index in [1.54, 1.807) is 11.8 Å². The van der Waals surface area contributed by atoms with E-state index >= 15 is 0 Å². The van der Waals surface area contributed by atoms with Gasteiger partial charge in [0.1, 0.15) is 6.07 Å². The highest BCUT2D eigenvalue weighted by atomic mass is 32.2. The molecule has 19 heavy (non-hydrogen) atoms. The molecule has 1 saturated heterocycles. The fourth-order valence-electron chi connectivity index (χ4n) is 2.69. The molecule has 0 atom stereocenters. The summed E-state index contributed by atoms with van der Waals surface area (Å²) in [4.78, 5) is 5.74. The second-order valence-electron chi connectivity index (χ2n) is 5.15. The number of piperidine rings is 1. The average Bonchev–Trinajstić information content (AvgIpc) is 2.46. The Morgan fingerprint density at radius 1 is 1.32 bits per heavy atom. The number of rotatable bonds is 3. The standard InChI is InChI=1S/C15H21N3S/c1-17(2)12-7-9-18(10-8-12)14-5-4-6-15(19-3)13(14)11-16/h4-6,12H,7-10H2,1-3H3. The summed E-state index contributed by atoms with van der Waals surface area (Å²) in [6.07, 6.45) is 4.36. The molecule has 1 heterocycles. The Kier molecular flexibility index (Phi) is 4.73. The molecule has 0 unspecified atom stereocenters. The summed E-state index contributed by atoms with van der Waals surface area (Å²) in [7, 11) is 4.30. The number of benzene rings is 1. The molecule has 3 nitrogen and oxygen atoms in total. The van der Waals surface area contributed by atoms with Crippen molar-refractivity contribution in [1.82, 2.24) is 4.90 Å². The van der Waals surface area contributed by atoms with Gasteiger partial charge < -0.3 is 9.80 Å². The largest absolute Gasteiger partial charge is 0.370 e. The van der Waals surface area contributed by atoms with Crippen LogP contribution in [-0.4, -0.2) is 44.4 Å². The molecule has 0 aromatic heterocycles. The first-order valence-corrected chi connectivity index (χ1v) is 7.88. The van der Waals surface area contributed by atoms with E-state index in [0.29, 0.717) is 6.04 Å². The van der Waals surface area contributed by atoms with Crippen LogP contribution in [0.1, 0.15) is 18.4 Å². The number of hydrogen-bond donors (Lipinski definition) is 0. The summed E-state index contributed by atoms with van der Waals surface area (Å²) in [5.74, 6) is 0. The number of thioether (sulfide) groups is 1. The van der Waals surface area contributed by atoms with Crippen molar-refractivity contribution in [2.45, 2.75) is 23.8 Å². The van der Waals surface area contributed by atoms with Crippen molar-refractivity contribution in [2.24, 2.45) is 0 Å². The van der Waals surface area contributed by atoms with E-state index in [1.165, 1.54) is 12.8 Å². The molecule has 0 aliphatic carbocycles. The molecule has 0 radical (unpaired) electrons. The van der Waals surface area contributed by atoms with Gasteiger partial charge in [-0.25, -0.2) is 0 Å². The first-order valence-electron chi connectivity index (χ1n) is 6.66. The maximum atomic E-state index is 9.40. The van der Waals surface area contributed by atoms with E-state index in [2.05, 4.69) is 42.1 Å². The van der Waals surface area contributed by atoms with Crippen LogP contribution in [0.3, 0.4) is 0 Å². The second-order valence-corrected chi connectivity index (χ2v) is 6.00. The van der Waals surface area contributed by atoms with Gasteiger partial charge in [-0.05, 0) is 45.3 Å². The molecule has 0 N–H and O–H groups in total. The van der Waals surface area contributed by atoms with Gasteiger partial charge >= 0.3 is 0 Å². The van der Waals surface area contributed by atoms with Gasteiger partial charge in [-0.15, -0.1) is 11.8 Å². The van der Waals surface area contributed by atoms with Crippen molar-refractivity contribution in [3.63, 3.8) is 0 Å². The first kappa shape index (κ1) is 14.2. The van der Waals surface area contributed by atoms with Gasteiger partial charge in [0, 0.05) is 24.0 Å². The van der Waals surface area contributed by atoms with E-state index in [-0.39, 0.29) is 0 Å². The Hall–Kier alpha value is -1.18. The highest BCUT2D eigenvalue weighted by Crippen LogP contribution is 2.31. The number of nitrogens with zero attached hydrogens (tertiary/aromatic N) is 3. The Labute approximate surface area is 120 Å². The van der Waals surface area contributed by atoms with Gasteiger partial charge in [0.05, 0.1) is 11.3 Å². The normalized spacial score (nSPS) is 16.7. The molecule has 0 saturated carbocycles. The maximum absolute atomic E-state index is 9.40. The second kappa shape index (κ2) is 6.31. The van der Waals surface area contributed by atoms with Gasteiger partial charge in [-0.2, -0.15) is 5.26 Å². The summed E-state index contributed by atoms with van der Waals surface area (Å²) < 4.78 is 0. The Balaban J connectivity index is 2.18. The van der Waals surface area contributed by atoms with E-state index in [9.17, 15) is 5.26 Å². The van der Waals surface area contributed by atoms with E-state index in [4.69, 9.17) is 0 Å². The molecular formula is C15H21N3S. The summed E-state index contributed by atoms with van der Waals surface area (Å²) >= 11 is 1.65. The van der Waals surface area contributed by atoms with Gasteiger partial charge in [0.25, 0.3) is 0 Å². The third-order valence-electron chi connectivity index (χ3n) is 3.87. The zero-order valence-corrected chi connectivity index (χ0v) is 12.7. The lowest BCUT2D eigenvalue weighted by atomic mass is 10.0. The van der Waals surface area contributed by atoms with Crippen LogP contribution in [0.4, 0.5) is 5.69 Å². The van der Waals surface area contributed by atoms with Crippen molar-refractivity contribution in [2.75, 3.05) is 38.3 Å². The number of nitriles is 1. The van der Waals surface area contributed by atoms with Gasteiger partial charge in [-0.3, -0.25) is 0 Å². The smallest absolute Gasteiger partial charge is 0.103 e. The minimum atomic E-state index is 0.672. The minimum Gasteiger partial charge on any atom is -0.370 e. The van der Waals surface area contributed by atoms with Crippen LogP contribution in [0.2, 0.25) is 0 Å². The Bertz CT molecular complexity index is 471. The third-order valence-corrected chi connectivity index (χ3v) is 4.65. The molecule has 0 bridgehead atoms. The van der Waals surface area contributed by atoms with Gasteiger partial charge in [0.15, 0.2) is 0 Å². The predicted molar refractivity (Wildman–Crippen MR) is 81.9 cm³/mol. The molecule has 0 spiro atoms. The fraction of sp³-hybridized carbons (Fsp3) is 0.533. The third kappa shape index (κ3) is 3.05. The first-order chi connectivity index (χ1) is 9.17. The van der Waals surface area contributed by atoms with Crippen LogP contribution in [0.5, 0.6) is 0 Å². The predicted octanol–water partition coefficient (Wildman–Crippen LogP) is 2.81. The van der Waals surface area contributed by atoms with Gasteiger partial charge in [0.2, 0.25) is 0 Å². The molecule has 1 aliphatic heterocycles. The Morgan fingerprint density at radius 2 is 2.00 bits per heavy atom. The topological polar surface area (TPSA) is 30.3 Å². The van der Waals surface area contributed by atoms with Crippen molar-refractivity contribution in [3.05, 3.63) is 23.8 Å². The lowest BCUT2D eigenvalue weighted by molar-refractivity contribution is 0.249. The van der Waals surface area contributed by atoms with Crippen LogP contribution >= 0.6 is 11.8 Å². The van der Waals surface area contributed by atoms with Crippen molar-refractivity contribution < 1.29 is 0 Å². The minimum absolute atomic E-state index is 0.672. The highest BCUT2D eigenvalue weighted by Gasteiger charge is 2.22. The average molecular weight is 275 g/mol. The van der Waals surface area contributed by atoms with Crippen molar-refractivity contribution in [3.8, 4) is 6.07 Å². The monoisotopic (exact) mass is 275 g/mol. The molecule has 1 aliphatic rings. The van der Waals surface area contributed by atoms with Gasteiger partial charge in [-0.1, -0.05) is 6.07 Å². The SMILES string of the molecule is CSc1cccc(N2CCC(N(C)C)CC2)c1C#N. The molecule has 102 valence electrons. The van der Waals surface area contributed by atoms with Crippen LogP contribution in [0, 0.1) is 11.3 Å². The Morgan fingerprint density at radius 3 is 2.53 bits per heavy atom. The molecule has 2 rings (SSSR count). The summed E-state index contributed by atoms with van der Waals surface area (Å²) in [5.41, 5.74) is 1.94. The molecule has 1 fully saturated rings. The lowest BCUT2D eigenvalue weighted by Gasteiger charge is -2.37. The molecule has 0 amide bonds. The van der Waals surface area contributed by atoms with E-state index in [1.807, 2.05) is 12.3 Å². The summed E-state index contributed by atoms with van der Waals surface area (Å²) in [6, 6.07) is 9.21. The quantitative estimate of drug-likeness (QED) is 0.794. The molecular weight excluding hydrogens is 254 g/mol. The van der Waals surface area contributed by atoms with E-state index < -0.39 is 0 Å². The van der Waals surface area contributed by atoms with E-state index in [0.717, 1.165) is 29.2 Å². The van der Waals surface area contributed by atoms with Crippen LogP contribution in [0.25, 0.3) is 0 Å². The van der Waals surface area contributed by atoms with Crippen molar-refractivity contribution >= 4 is 17.4 Å². The number of hydrogen-bond acceptors (Lipinski definition) is 4. The summed E-state index contributed by atoms with van der Waals surface area (Å²) in [6.45, 7) is 2.07. The maximum Gasteiger partial charge on any atom is 0.103 e. The summed E-state index contributed by atoms with van der Waals surface area (Å²) in [5, 5.41) is 9.40. The number of anilines is 1. The lowest BCUT2D eigenvalue weighted by Crippen LogP contribution is -2.42. The zero-order valence-electron chi connectivity index (χ0n) is 11.9. The van der Waals surface area contributed by atoms with Crippen LogP contribution in [0.15, 0.2) is 23.1 Å². The molecule has 1 aromatic rings. The highest BCUT2D eigenvalue weighted by molar-refractivity contribution is 7.98. The molecule has 1 aromatic carbocycles. The van der Waals surface area contributed by atoms with Crippen LogP contribution in [-0.2, 0) is 0 Å². The zero-order chi connectivity index (χ0) is 13.8. The molecule has 4 heteroatoms. The van der Waals surface area contributed by atoms with Crippen molar-refractivity contribution in [1.29, 1.82) is 5.26 Å². The fourth-order valence-corrected chi connectivity index (χ4v) is 3.26.